The molecule has 1 heterocycles. The van der Waals surface area contributed by atoms with Crippen molar-refractivity contribution in [3.8, 4) is 11.5 Å². The molecule has 1 aromatic heterocycles. The van der Waals surface area contributed by atoms with E-state index in [-0.39, 0.29) is 11.5 Å². The van der Waals surface area contributed by atoms with Crippen molar-refractivity contribution in [3.05, 3.63) is 59.6 Å². The lowest BCUT2D eigenvalue weighted by molar-refractivity contribution is -0.128. The number of rotatable bonds is 6. The van der Waals surface area contributed by atoms with E-state index in [0.717, 1.165) is 5.39 Å². The van der Waals surface area contributed by atoms with Gasteiger partial charge in [-0.3, -0.25) is 20.4 Å². The number of hydrazine groups is 1. The van der Waals surface area contributed by atoms with Crippen molar-refractivity contribution in [2.75, 3.05) is 6.61 Å². The summed E-state index contributed by atoms with van der Waals surface area (Å²) in [5.41, 5.74) is 5.68. The van der Waals surface area contributed by atoms with Crippen molar-refractivity contribution < 1.29 is 27.9 Å². The summed E-state index contributed by atoms with van der Waals surface area (Å²) in [6.45, 7) is 5.58. The number of hydrogen-bond donors (Lipinski definition) is 2. The Morgan fingerprint density at radius 2 is 1.93 bits per heavy atom. The molecule has 0 radical (unpaired) electrons. The van der Waals surface area contributed by atoms with Crippen LogP contribution in [0.3, 0.4) is 0 Å². The molecular formula is C21H21FN2O5. The van der Waals surface area contributed by atoms with Crippen LogP contribution < -0.4 is 20.3 Å². The smallest absolute Gasteiger partial charge is 0.305 e. The van der Waals surface area contributed by atoms with Gasteiger partial charge >= 0.3 is 5.91 Å². The number of amides is 2. The highest BCUT2D eigenvalue weighted by Crippen LogP contribution is 2.28. The SMILES string of the molecule is CCOc1ccc2oc(C(=O)NNC(=O)[C@@H](C)Oc3ccccc3F)c(C)c2c1. The molecule has 2 aromatic carbocycles. The van der Waals surface area contributed by atoms with Gasteiger partial charge in [-0.1, -0.05) is 12.1 Å². The summed E-state index contributed by atoms with van der Waals surface area (Å²) in [7, 11) is 0. The average molecular weight is 400 g/mol. The zero-order chi connectivity index (χ0) is 21.0. The number of fused-ring (bicyclic) bond motifs is 1. The first kappa shape index (κ1) is 20.2. The van der Waals surface area contributed by atoms with E-state index in [2.05, 4.69) is 10.9 Å². The minimum absolute atomic E-state index is 0.0558. The molecule has 2 amide bonds. The van der Waals surface area contributed by atoms with Gasteiger partial charge in [-0.2, -0.15) is 0 Å². The summed E-state index contributed by atoms with van der Waals surface area (Å²) in [6.07, 6.45) is -1.03. The van der Waals surface area contributed by atoms with Crippen LogP contribution in [0.2, 0.25) is 0 Å². The summed E-state index contributed by atoms with van der Waals surface area (Å²) in [5.74, 6) is -1.17. The van der Waals surface area contributed by atoms with Crippen LogP contribution in [0.4, 0.5) is 4.39 Å². The quantitative estimate of drug-likeness (QED) is 0.618. The lowest BCUT2D eigenvalue weighted by Crippen LogP contribution is -2.47. The topological polar surface area (TPSA) is 89.8 Å². The number of hydrogen-bond acceptors (Lipinski definition) is 5. The molecular weight excluding hydrogens is 379 g/mol. The fourth-order valence-corrected chi connectivity index (χ4v) is 2.73. The van der Waals surface area contributed by atoms with Crippen LogP contribution in [0.5, 0.6) is 11.5 Å². The summed E-state index contributed by atoms with van der Waals surface area (Å²) in [4.78, 5) is 24.6. The van der Waals surface area contributed by atoms with Gasteiger partial charge in [0, 0.05) is 10.9 Å². The van der Waals surface area contributed by atoms with Gasteiger partial charge in [0.1, 0.15) is 11.3 Å². The molecule has 3 rings (SSSR count). The highest BCUT2D eigenvalue weighted by molar-refractivity contribution is 6.00. The van der Waals surface area contributed by atoms with E-state index >= 15 is 0 Å². The first-order chi connectivity index (χ1) is 13.9. The number of halogens is 1. The highest BCUT2D eigenvalue weighted by Gasteiger charge is 2.21. The van der Waals surface area contributed by atoms with Gasteiger partial charge in [-0.25, -0.2) is 4.39 Å². The zero-order valence-electron chi connectivity index (χ0n) is 16.2. The number of ether oxygens (including phenoxy) is 2. The third-order valence-corrected chi connectivity index (χ3v) is 4.23. The predicted molar refractivity (Wildman–Crippen MR) is 104 cm³/mol. The molecule has 0 bridgehead atoms. The largest absolute Gasteiger partial charge is 0.494 e. The van der Waals surface area contributed by atoms with Gasteiger partial charge in [0.05, 0.1) is 6.61 Å². The van der Waals surface area contributed by atoms with Crippen LogP contribution in [-0.2, 0) is 4.79 Å². The molecule has 2 N–H and O–H groups in total. The van der Waals surface area contributed by atoms with E-state index in [1.54, 1.807) is 31.2 Å². The summed E-state index contributed by atoms with van der Waals surface area (Å²) < 4.78 is 30.0. The van der Waals surface area contributed by atoms with Crippen LogP contribution in [-0.4, -0.2) is 24.5 Å². The van der Waals surface area contributed by atoms with Gasteiger partial charge in [-0.05, 0) is 51.1 Å². The lowest BCUT2D eigenvalue weighted by Gasteiger charge is -2.15. The van der Waals surface area contributed by atoms with E-state index in [0.29, 0.717) is 23.5 Å². The first-order valence-corrected chi connectivity index (χ1v) is 9.08. The predicted octanol–water partition coefficient (Wildman–Crippen LogP) is 3.51. The summed E-state index contributed by atoms with van der Waals surface area (Å²) >= 11 is 0. The van der Waals surface area contributed by atoms with Gasteiger partial charge in [0.25, 0.3) is 5.91 Å². The molecule has 0 spiro atoms. The van der Waals surface area contributed by atoms with Crippen LogP contribution in [0, 0.1) is 12.7 Å². The lowest BCUT2D eigenvalue weighted by atomic mass is 10.1. The number of carbonyl (C=O) groups is 2. The molecule has 0 aliphatic carbocycles. The Bertz CT molecular complexity index is 1050. The molecule has 0 saturated heterocycles. The number of furan rings is 1. The first-order valence-electron chi connectivity index (χ1n) is 9.08. The second-order valence-electron chi connectivity index (χ2n) is 6.28. The highest BCUT2D eigenvalue weighted by atomic mass is 19.1. The minimum Gasteiger partial charge on any atom is -0.494 e. The van der Waals surface area contributed by atoms with Gasteiger partial charge in [0.2, 0.25) is 0 Å². The molecule has 152 valence electrons. The Morgan fingerprint density at radius 1 is 1.17 bits per heavy atom. The van der Waals surface area contributed by atoms with E-state index in [1.807, 2.05) is 6.92 Å². The molecule has 3 aromatic rings. The monoisotopic (exact) mass is 400 g/mol. The van der Waals surface area contributed by atoms with Crippen molar-refractivity contribution in [2.24, 2.45) is 0 Å². The normalized spacial score (nSPS) is 11.7. The van der Waals surface area contributed by atoms with E-state index < -0.39 is 23.7 Å². The van der Waals surface area contributed by atoms with Crippen molar-refractivity contribution in [2.45, 2.75) is 26.9 Å². The molecule has 0 fully saturated rings. The Kier molecular flexibility index (Phi) is 6.01. The molecule has 0 saturated carbocycles. The Hall–Kier alpha value is -3.55. The standard InChI is InChI=1S/C21H21FN2O5/c1-4-27-14-9-10-17-15(11-14)12(2)19(29-17)21(26)24-23-20(25)13(3)28-18-8-6-5-7-16(18)22/h5-11,13H,4H2,1-3H3,(H,23,25)(H,24,26)/t13-/m1/s1. The van der Waals surface area contributed by atoms with Crippen LogP contribution in [0.25, 0.3) is 11.0 Å². The second kappa shape index (κ2) is 8.64. The Morgan fingerprint density at radius 3 is 2.66 bits per heavy atom. The van der Waals surface area contributed by atoms with E-state index in [4.69, 9.17) is 13.9 Å². The molecule has 29 heavy (non-hydrogen) atoms. The third kappa shape index (κ3) is 4.48. The molecule has 1 atom stereocenters. The van der Waals surface area contributed by atoms with Crippen molar-refractivity contribution in [3.63, 3.8) is 0 Å². The average Bonchev–Trinajstić information content (AvgIpc) is 3.04. The van der Waals surface area contributed by atoms with Crippen LogP contribution in [0.1, 0.15) is 30.0 Å². The van der Waals surface area contributed by atoms with Crippen molar-refractivity contribution >= 4 is 22.8 Å². The molecule has 7 nitrogen and oxygen atoms in total. The fourth-order valence-electron chi connectivity index (χ4n) is 2.73. The van der Waals surface area contributed by atoms with Gasteiger partial charge < -0.3 is 13.9 Å². The number of benzene rings is 2. The summed E-state index contributed by atoms with van der Waals surface area (Å²) in [6, 6.07) is 11.0. The molecule has 8 heteroatoms. The maximum Gasteiger partial charge on any atom is 0.305 e. The number of carbonyl (C=O) groups excluding carboxylic acids is 2. The van der Waals surface area contributed by atoms with E-state index in [1.165, 1.54) is 25.1 Å². The zero-order valence-corrected chi connectivity index (χ0v) is 16.2. The Balaban J connectivity index is 1.65. The fraction of sp³-hybridized carbons (Fsp3) is 0.238. The number of nitrogens with one attached hydrogen (secondary N) is 2. The minimum atomic E-state index is -1.03. The summed E-state index contributed by atoms with van der Waals surface area (Å²) in [5, 5.41) is 0.740. The van der Waals surface area contributed by atoms with Gasteiger partial charge in [-0.15, -0.1) is 0 Å². The van der Waals surface area contributed by atoms with Crippen LogP contribution >= 0.6 is 0 Å². The third-order valence-electron chi connectivity index (χ3n) is 4.23. The van der Waals surface area contributed by atoms with Gasteiger partial charge in [0.15, 0.2) is 23.4 Å². The molecule has 0 unspecified atom stereocenters. The number of aryl methyl sites for hydroxylation is 1. The van der Waals surface area contributed by atoms with E-state index in [9.17, 15) is 14.0 Å². The Labute approximate surface area is 166 Å². The maximum atomic E-state index is 13.6. The molecule has 0 aliphatic heterocycles. The molecule has 0 aliphatic rings. The maximum absolute atomic E-state index is 13.6. The van der Waals surface area contributed by atoms with Crippen LogP contribution in [0.15, 0.2) is 46.9 Å². The van der Waals surface area contributed by atoms with Crippen molar-refractivity contribution in [1.29, 1.82) is 0 Å². The number of para-hydroxylation sites is 1. The second-order valence-corrected chi connectivity index (χ2v) is 6.28. The van der Waals surface area contributed by atoms with Crippen molar-refractivity contribution in [1.82, 2.24) is 10.9 Å².